The van der Waals surface area contributed by atoms with Gasteiger partial charge in [0.05, 0.1) is 17.8 Å². The van der Waals surface area contributed by atoms with Crippen LogP contribution in [0.1, 0.15) is 72.1 Å². The molecule has 2 rings (SSSR count). The molecule has 0 saturated carbocycles. The number of ether oxygens (including phenoxy) is 2. The van der Waals surface area contributed by atoms with E-state index in [0.29, 0.717) is 32.3 Å². The molecular formula is C19H35NO6S. The van der Waals surface area contributed by atoms with Crippen LogP contribution in [-0.4, -0.2) is 60.6 Å². The minimum atomic E-state index is -3.51. The van der Waals surface area contributed by atoms with Crippen LogP contribution in [0.2, 0.25) is 0 Å². The lowest BCUT2D eigenvalue weighted by Gasteiger charge is -2.52. The summed E-state index contributed by atoms with van der Waals surface area (Å²) < 4.78 is 39.0. The summed E-state index contributed by atoms with van der Waals surface area (Å²) in [6.07, 6.45) is 3.96. The summed E-state index contributed by atoms with van der Waals surface area (Å²) in [7, 11) is -2.07. The fraction of sp³-hybridized carbons (Fsp3) is 0.947. The molecule has 0 aromatic heterocycles. The van der Waals surface area contributed by atoms with Crippen molar-refractivity contribution < 1.29 is 27.8 Å². The van der Waals surface area contributed by atoms with E-state index in [1.54, 1.807) is 11.2 Å². The van der Waals surface area contributed by atoms with Gasteiger partial charge < -0.3 is 14.6 Å². The summed E-state index contributed by atoms with van der Waals surface area (Å²) in [5.74, 6) is -1.94. The van der Waals surface area contributed by atoms with Crippen molar-refractivity contribution in [2.45, 2.75) is 95.3 Å². The quantitative estimate of drug-likeness (QED) is 0.468. The van der Waals surface area contributed by atoms with Crippen LogP contribution >= 0.6 is 0 Å². The second-order valence-electron chi connectivity index (χ2n) is 7.86. The van der Waals surface area contributed by atoms with Gasteiger partial charge in [-0.2, -0.15) is 4.31 Å². The van der Waals surface area contributed by atoms with E-state index in [1.807, 2.05) is 13.8 Å². The van der Waals surface area contributed by atoms with E-state index in [2.05, 4.69) is 0 Å². The van der Waals surface area contributed by atoms with Crippen molar-refractivity contribution in [2.75, 3.05) is 13.7 Å². The third-order valence-corrected chi connectivity index (χ3v) is 8.38. The molecule has 2 aliphatic rings. The molecule has 2 unspecified atom stereocenters. The Balaban J connectivity index is 2.32. The second-order valence-corrected chi connectivity index (χ2v) is 9.98. The molecule has 0 spiro atoms. The molecule has 0 aromatic rings. The van der Waals surface area contributed by atoms with Crippen molar-refractivity contribution in [3.8, 4) is 0 Å². The third kappa shape index (κ3) is 4.83. The van der Waals surface area contributed by atoms with Crippen molar-refractivity contribution in [2.24, 2.45) is 5.92 Å². The molecule has 0 radical (unpaired) electrons. The number of aliphatic hydroxyl groups is 1. The SMILES string of the molecule is CCCC(CCC)S(=O)(=O)N1C2CC(C(=O)OCC)CC1CC(O)(OC)C2. The molecule has 2 aliphatic heterocycles. The van der Waals surface area contributed by atoms with E-state index in [-0.39, 0.29) is 24.7 Å². The molecule has 0 aromatic carbocycles. The van der Waals surface area contributed by atoms with Crippen molar-refractivity contribution >= 4 is 16.0 Å². The normalized spacial score (nSPS) is 31.9. The molecule has 0 aliphatic carbocycles. The summed E-state index contributed by atoms with van der Waals surface area (Å²) in [5, 5.41) is 10.3. The van der Waals surface area contributed by atoms with Crippen LogP contribution in [0.25, 0.3) is 0 Å². The van der Waals surface area contributed by atoms with E-state index in [4.69, 9.17) is 9.47 Å². The number of hydrogen-bond acceptors (Lipinski definition) is 6. The zero-order valence-corrected chi connectivity index (χ0v) is 17.8. The number of carbonyl (C=O) groups excluding carboxylic acids is 1. The Bertz CT molecular complexity index is 585. The van der Waals surface area contributed by atoms with Crippen LogP contribution in [0.4, 0.5) is 0 Å². The zero-order valence-electron chi connectivity index (χ0n) is 17.0. The Hall–Kier alpha value is -0.700. The first-order valence-electron chi connectivity index (χ1n) is 10.2. The van der Waals surface area contributed by atoms with Crippen LogP contribution in [-0.2, 0) is 24.3 Å². The van der Waals surface area contributed by atoms with E-state index >= 15 is 0 Å². The van der Waals surface area contributed by atoms with Gasteiger partial charge in [0, 0.05) is 32.0 Å². The number of methoxy groups -OCH3 is 1. The highest BCUT2D eigenvalue weighted by Crippen LogP contribution is 2.44. The average molecular weight is 406 g/mol. The number of sulfonamides is 1. The fourth-order valence-electron chi connectivity index (χ4n) is 4.72. The number of piperidine rings is 2. The standard InChI is InChI=1S/C19H35NO6S/c1-5-8-17(9-6-2)27(23,24)20-15-10-14(18(21)26-7-3)11-16(20)13-19(22,12-15)25-4/h14-17,22H,5-13H2,1-4H3. The lowest BCUT2D eigenvalue weighted by atomic mass is 9.77. The number of esters is 1. The Morgan fingerprint density at radius 2 is 1.67 bits per heavy atom. The molecule has 1 N–H and O–H groups in total. The van der Waals surface area contributed by atoms with Crippen molar-refractivity contribution in [3.63, 3.8) is 0 Å². The molecular weight excluding hydrogens is 370 g/mol. The maximum atomic E-state index is 13.5. The van der Waals surface area contributed by atoms with E-state index < -0.39 is 33.1 Å². The number of fused-ring (bicyclic) bond motifs is 2. The monoisotopic (exact) mass is 405 g/mol. The Kier molecular flexibility index (Phi) is 7.70. The molecule has 0 amide bonds. The minimum absolute atomic E-state index is 0.181. The zero-order chi connectivity index (χ0) is 20.2. The third-order valence-electron chi connectivity index (χ3n) is 5.88. The van der Waals surface area contributed by atoms with Gasteiger partial charge in [-0.05, 0) is 32.6 Å². The summed E-state index contributed by atoms with van der Waals surface area (Å²) in [4.78, 5) is 12.3. The Labute approximate surface area is 163 Å². The largest absolute Gasteiger partial charge is 0.466 e. The highest BCUT2D eigenvalue weighted by molar-refractivity contribution is 7.89. The Morgan fingerprint density at radius 3 is 2.07 bits per heavy atom. The van der Waals surface area contributed by atoms with Gasteiger partial charge >= 0.3 is 5.97 Å². The van der Waals surface area contributed by atoms with Crippen LogP contribution in [0, 0.1) is 5.92 Å². The fourth-order valence-corrected chi connectivity index (χ4v) is 7.28. The van der Waals surface area contributed by atoms with Crippen molar-refractivity contribution in [1.29, 1.82) is 0 Å². The lowest BCUT2D eigenvalue weighted by molar-refractivity contribution is -0.231. The smallest absolute Gasteiger partial charge is 0.309 e. The molecule has 2 fully saturated rings. The predicted molar refractivity (Wildman–Crippen MR) is 102 cm³/mol. The molecule has 2 saturated heterocycles. The maximum Gasteiger partial charge on any atom is 0.309 e. The van der Waals surface area contributed by atoms with Gasteiger partial charge in [-0.1, -0.05) is 26.7 Å². The van der Waals surface area contributed by atoms with Gasteiger partial charge in [-0.25, -0.2) is 8.42 Å². The van der Waals surface area contributed by atoms with Crippen molar-refractivity contribution in [1.82, 2.24) is 4.31 Å². The molecule has 27 heavy (non-hydrogen) atoms. The predicted octanol–water partition coefficient (Wildman–Crippen LogP) is 2.43. The highest BCUT2D eigenvalue weighted by Gasteiger charge is 2.54. The summed E-state index contributed by atoms with van der Waals surface area (Å²) in [6.45, 7) is 6.07. The van der Waals surface area contributed by atoms with Gasteiger partial charge in [0.25, 0.3) is 0 Å². The van der Waals surface area contributed by atoms with E-state index in [9.17, 15) is 18.3 Å². The van der Waals surface area contributed by atoms with E-state index in [0.717, 1.165) is 12.8 Å². The summed E-state index contributed by atoms with van der Waals surface area (Å²) >= 11 is 0. The van der Waals surface area contributed by atoms with Gasteiger partial charge in [0.15, 0.2) is 5.79 Å². The maximum absolute atomic E-state index is 13.5. The van der Waals surface area contributed by atoms with Gasteiger partial charge in [-0.15, -0.1) is 0 Å². The Morgan fingerprint density at radius 1 is 1.15 bits per heavy atom. The first-order chi connectivity index (χ1) is 12.7. The van der Waals surface area contributed by atoms with Gasteiger partial charge in [-0.3, -0.25) is 4.79 Å². The number of hydrogen-bond donors (Lipinski definition) is 1. The topological polar surface area (TPSA) is 93.1 Å². The highest BCUT2D eigenvalue weighted by atomic mass is 32.2. The van der Waals surface area contributed by atoms with Crippen LogP contribution in [0.3, 0.4) is 0 Å². The number of rotatable bonds is 9. The molecule has 2 heterocycles. The summed E-state index contributed by atoms with van der Waals surface area (Å²) in [5.41, 5.74) is 0. The molecule has 7 nitrogen and oxygen atoms in total. The van der Waals surface area contributed by atoms with E-state index in [1.165, 1.54) is 7.11 Å². The number of carbonyl (C=O) groups is 1. The van der Waals surface area contributed by atoms with Gasteiger partial charge in [0.2, 0.25) is 10.0 Å². The number of nitrogens with zero attached hydrogens (tertiary/aromatic N) is 1. The first-order valence-corrected chi connectivity index (χ1v) is 11.7. The van der Waals surface area contributed by atoms with Gasteiger partial charge in [0.1, 0.15) is 0 Å². The average Bonchev–Trinajstić information content (AvgIpc) is 2.60. The molecule has 158 valence electrons. The van der Waals surface area contributed by atoms with Crippen molar-refractivity contribution in [3.05, 3.63) is 0 Å². The minimum Gasteiger partial charge on any atom is -0.466 e. The van der Waals surface area contributed by atoms with Crippen LogP contribution in [0.15, 0.2) is 0 Å². The molecule has 2 bridgehead atoms. The second kappa shape index (κ2) is 9.20. The molecule has 2 atom stereocenters. The summed E-state index contributed by atoms with van der Waals surface area (Å²) in [6, 6.07) is -0.892. The lowest BCUT2D eigenvalue weighted by Crippen LogP contribution is -2.63. The van der Waals surface area contributed by atoms with Crippen LogP contribution < -0.4 is 0 Å². The molecule has 8 heteroatoms. The first kappa shape index (κ1) is 22.6. The van der Waals surface area contributed by atoms with Crippen LogP contribution in [0.5, 0.6) is 0 Å².